The molecule has 1 aromatic rings. The van der Waals surface area contributed by atoms with E-state index < -0.39 is 0 Å². The van der Waals surface area contributed by atoms with Crippen LogP contribution in [-0.4, -0.2) is 53.8 Å². The SMILES string of the molecule is NCCN1C(=O)CC[C@H]2CN(C(=O)C3(c4ccccc4)CC3)CC[C@H]21. The number of hydrogen-bond acceptors (Lipinski definition) is 3. The summed E-state index contributed by atoms with van der Waals surface area (Å²) in [5, 5.41) is 0. The quantitative estimate of drug-likeness (QED) is 0.903. The number of benzene rings is 1. The lowest BCUT2D eigenvalue weighted by Crippen LogP contribution is -2.58. The van der Waals surface area contributed by atoms with E-state index in [9.17, 15) is 9.59 Å². The summed E-state index contributed by atoms with van der Waals surface area (Å²) in [5.41, 5.74) is 6.57. The van der Waals surface area contributed by atoms with Crippen LogP contribution >= 0.6 is 0 Å². The normalized spacial score (nSPS) is 27.8. The molecule has 3 aliphatic rings. The molecule has 0 radical (unpaired) electrons. The van der Waals surface area contributed by atoms with E-state index in [0.29, 0.717) is 31.3 Å². The third-order valence-electron chi connectivity index (χ3n) is 6.29. The molecule has 2 heterocycles. The first-order valence-corrected chi connectivity index (χ1v) is 9.50. The van der Waals surface area contributed by atoms with Gasteiger partial charge in [0.2, 0.25) is 11.8 Å². The highest BCUT2D eigenvalue weighted by Gasteiger charge is 2.54. The maximum absolute atomic E-state index is 13.3. The van der Waals surface area contributed by atoms with Crippen LogP contribution in [0.5, 0.6) is 0 Å². The minimum Gasteiger partial charge on any atom is -0.341 e. The molecule has 134 valence electrons. The Bertz CT molecular complexity index is 656. The minimum atomic E-state index is -0.282. The summed E-state index contributed by atoms with van der Waals surface area (Å²) in [5.74, 6) is 0.919. The zero-order chi connectivity index (χ0) is 17.4. The molecule has 2 amide bonds. The number of nitrogens with zero attached hydrogens (tertiary/aromatic N) is 2. The predicted octanol–water partition coefficient (Wildman–Crippen LogP) is 1.52. The molecular formula is C20H27N3O2. The van der Waals surface area contributed by atoms with Gasteiger partial charge >= 0.3 is 0 Å². The molecule has 5 nitrogen and oxygen atoms in total. The van der Waals surface area contributed by atoms with Crippen molar-refractivity contribution in [3.05, 3.63) is 35.9 Å². The van der Waals surface area contributed by atoms with E-state index in [0.717, 1.165) is 44.3 Å². The largest absolute Gasteiger partial charge is 0.341 e. The van der Waals surface area contributed by atoms with E-state index in [1.54, 1.807) is 0 Å². The van der Waals surface area contributed by atoms with Crippen LogP contribution in [0.1, 0.15) is 37.7 Å². The maximum atomic E-state index is 13.3. The number of rotatable bonds is 4. The molecule has 3 fully saturated rings. The summed E-state index contributed by atoms with van der Waals surface area (Å²) in [6, 6.07) is 10.5. The minimum absolute atomic E-state index is 0.231. The molecule has 5 heteroatoms. The lowest BCUT2D eigenvalue weighted by molar-refractivity contribution is -0.145. The van der Waals surface area contributed by atoms with Crippen molar-refractivity contribution in [3.63, 3.8) is 0 Å². The third kappa shape index (κ3) is 2.84. The zero-order valence-corrected chi connectivity index (χ0v) is 14.7. The Morgan fingerprint density at radius 2 is 1.96 bits per heavy atom. The van der Waals surface area contributed by atoms with Crippen LogP contribution in [-0.2, 0) is 15.0 Å². The van der Waals surface area contributed by atoms with Crippen molar-refractivity contribution in [2.45, 2.75) is 43.6 Å². The molecule has 1 aromatic carbocycles. The van der Waals surface area contributed by atoms with Gasteiger partial charge in [-0.05, 0) is 37.2 Å². The molecule has 2 N–H and O–H groups in total. The molecule has 2 atom stereocenters. The number of amides is 2. The molecule has 4 rings (SSSR count). The standard InChI is InChI=1S/C20H27N3O2/c21-11-13-23-17-8-12-22(14-15(17)6-7-18(23)24)19(25)20(9-10-20)16-4-2-1-3-5-16/h1-5,15,17H,6-14,21H2/t15-,17+/m0/s1. The number of fused-ring (bicyclic) bond motifs is 1. The lowest BCUT2D eigenvalue weighted by Gasteiger charge is -2.47. The van der Waals surface area contributed by atoms with Crippen molar-refractivity contribution in [1.82, 2.24) is 9.80 Å². The number of carbonyl (C=O) groups is 2. The molecule has 1 aliphatic carbocycles. The van der Waals surface area contributed by atoms with Crippen molar-refractivity contribution >= 4 is 11.8 Å². The summed E-state index contributed by atoms with van der Waals surface area (Å²) in [6.45, 7) is 2.69. The molecule has 25 heavy (non-hydrogen) atoms. The molecule has 0 aromatic heterocycles. The third-order valence-corrected chi connectivity index (χ3v) is 6.29. The Morgan fingerprint density at radius 1 is 1.20 bits per heavy atom. The van der Waals surface area contributed by atoms with Crippen LogP contribution in [0, 0.1) is 5.92 Å². The first kappa shape index (κ1) is 16.6. The topological polar surface area (TPSA) is 66.6 Å². The van der Waals surface area contributed by atoms with Crippen LogP contribution in [0.15, 0.2) is 30.3 Å². The number of hydrogen-bond donors (Lipinski definition) is 1. The second-order valence-electron chi connectivity index (χ2n) is 7.73. The number of nitrogens with two attached hydrogens (primary N) is 1. The molecular weight excluding hydrogens is 314 g/mol. The summed E-state index contributed by atoms with van der Waals surface area (Å²) < 4.78 is 0. The Labute approximate surface area is 149 Å². The van der Waals surface area contributed by atoms with Gasteiger partial charge in [0.1, 0.15) is 0 Å². The van der Waals surface area contributed by atoms with E-state index in [2.05, 4.69) is 17.0 Å². The van der Waals surface area contributed by atoms with Crippen molar-refractivity contribution < 1.29 is 9.59 Å². The molecule has 0 unspecified atom stereocenters. The van der Waals surface area contributed by atoms with Crippen LogP contribution in [0.3, 0.4) is 0 Å². The van der Waals surface area contributed by atoms with E-state index in [4.69, 9.17) is 5.73 Å². The number of piperidine rings is 2. The average molecular weight is 341 g/mol. The van der Waals surface area contributed by atoms with E-state index >= 15 is 0 Å². The number of likely N-dealkylation sites (tertiary alicyclic amines) is 2. The molecule has 2 aliphatic heterocycles. The zero-order valence-electron chi connectivity index (χ0n) is 14.7. The summed E-state index contributed by atoms with van der Waals surface area (Å²) >= 11 is 0. The Hall–Kier alpha value is -1.88. The average Bonchev–Trinajstić information content (AvgIpc) is 3.46. The molecule has 0 bridgehead atoms. The van der Waals surface area contributed by atoms with Gasteiger partial charge < -0.3 is 15.5 Å². The van der Waals surface area contributed by atoms with Crippen molar-refractivity contribution in [3.8, 4) is 0 Å². The second-order valence-corrected chi connectivity index (χ2v) is 7.73. The Morgan fingerprint density at radius 3 is 2.64 bits per heavy atom. The monoisotopic (exact) mass is 341 g/mol. The fourth-order valence-corrected chi connectivity index (χ4v) is 4.78. The fourth-order valence-electron chi connectivity index (χ4n) is 4.78. The van der Waals surface area contributed by atoms with E-state index in [1.165, 1.54) is 0 Å². The summed E-state index contributed by atoms with van der Waals surface area (Å²) in [4.78, 5) is 29.5. The maximum Gasteiger partial charge on any atom is 0.233 e. The van der Waals surface area contributed by atoms with Gasteiger partial charge in [-0.3, -0.25) is 9.59 Å². The summed E-state index contributed by atoms with van der Waals surface area (Å²) in [6.07, 6.45) is 4.28. The fraction of sp³-hybridized carbons (Fsp3) is 0.600. The van der Waals surface area contributed by atoms with Gasteiger partial charge in [0.05, 0.1) is 5.41 Å². The lowest BCUT2D eigenvalue weighted by atomic mass is 9.82. The highest BCUT2D eigenvalue weighted by atomic mass is 16.2. The van der Waals surface area contributed by atoms with Crippen molar-refractivity contribution in [2.24, 2.45) is 11.7 Å². The highest BCUT2D eigenvalue weighted by Crippen LogP contribution is 2.50. The van der Waals surface area contributed by atoms with Crippen molar-refractivity contribution in [1.29, 1.82) is 0 Å². The van der Waals surface area contributed by atoms with Gasteiger partial charge in [0.25, 0.3) is 0 Å². The Balaban J connectivity index is 1.48. The van der Waals surface area contributed by atoms with Gasteiger partial charge in [-0.2, -0.15) is 0 Å². The van der Waals surface area contributed by atoms with Crippen LogP contribution in [0.2, 0.25) is 0 Å². The second kappa shape index (κ2) is 6.45. The van der Waals surface area contributed by atoms with E-state index in [1.807, 2.05) is 23.1 Å². The molecule has 0 spiro atoms. The van der Waals surface area contributed by atoms with E-state index in [-0.39, 0.29) is 17.4 Å². The van der Waals surface area contributed by atoms with Crippen LogP contribution in [0.25, 0.3) is 0 Å². The molecule has 2 saturated heterocycles. The number of carbonyl (C=O) groups excluding carboxylic acids is 2. The smallest absolute Gasteiger partial charge is 0.233 e. The van der Waals surface area contributed by atoms with Gasteiger partial charge in [0, 0.05) is 38.6 Å². The first-order chi connectivity index (χ1) is 12.2. The van der Waals surface area contributed by atoms with Crippen molar-refractivity contribution in [2.75, 3.05) is 26.2 Å². The summed E-state index contributed by atoms with van der Waals surface area (Å²) in [7, 11) is 0. The van der Waals surface area contributed by atoms with Gasteiger partial charge in [-0.25, -0.2) is 0 Å². The predicted molar refractivity (Wildman–Crippen MR) is 95.8 cm³/mol. The first-order valence-electron chi connectivity index (χ1n) is 9.50. The van der Waals surface area contributed by atoms with Gasteiger partial charge in [-0.15, -0.1) is 0 Å². The van der Waals surface area contributed by atoms with Gasteiger partial charge in [-0.1, -0.05) is 30.3 Å². The Kier molecular flexibility index (Phi) is 4.28. The van der Waals surface area contributed by atoms with Gasteiger partial charge in [0.15, 0.2) is 0 Å². The molecule has 1 saturated carbocycles. The van der Waals surface area contributed by atoms with Crippen LogP contribution in [0.4, 0.5) is 0 Å². The van der Waals surface area contributed by atoms with Crippen LogP contribution < -0.4 is 5.73 Å². The highest BCUT2D eigenvalue weighted by molar-refractivity contribution is 5.91.